The van der Waals surface area contributed by atoms with Crippen LogP contribution < -0.4 is 5.32 Å². The van der Waals surface area contributed by atoms with Gasteiger partial charge in [0, 0.05) is 18.8 Å². The summed E-state index contributed by atoms with van der Waals surface area (Å²) in [5, 5.41) is 4.26. The second-order valence-corrected chi connectivity index (χ2v) is 6.97. The van der Waals surface area contributed by atoms with Crippen molar-refractivity contribution in [3.8, 4) is 0 Å². The number of rotatable bonds is 4. The molecule has 1 aliphatic rings. The van der Waals surface area contributed by atoms with E-state index in [4.69, 9.17) is 12.2 Å². The monoisotopic (exact) mass is 304 g/mol. The van der Waals surface area contributed by atoms with E-state index in [1.165, 1.54) is 31.2 Å². The van der Waals surface area contributed by atoms with Gasteiger partial charge in [-0.05, 0) is 61.0 Å². The average molecular weight is 305 g/mol. The molecule has 2 atom stereocenters. The lowest BCUT2D eigenvalue weighted by molar-refractivity contribution is 0.216. The third-order valence-electron chi connectivity index (χ3n) is 4.18. The Balaban J connectivity index is 1.90. The Morgan fingerprint density at radius 1 is 1.19 bits per heavy atom. The molecule has 1 N–H and O–H groups in total. The van der Waals surface area contributed by atoms with Crippen LogP contribution in [0.25, 0.3) is 0 Å². The maximum absolute atomic E-state index is 5.58. The van der Waals surface area contributed by atoms with Gasteiger partial charge >= 0.3 is 0 Å². The number of anilines is 1. The second kappa shape index (κ2) is 7.79. The number of benzene rings is 1. The lowest BCUT2D eigenvalue weighted by Gasteiger charge is -2.36. The number of thiocarbonyl (C=S) groups is 1. The molecule has 0 saturated carbocycles. The molecule has 0 aliphatic carbocycles. The predicted octanol–water partition coefficient (Wildman–Crippen LogP) is 4.70. The molecule has 1 fully saturated rings. The molecule has 0 spiro atoms. The minimum absolute atomic E-state index is 0.727. The van der Waals surface area contributed by atoms with Crippen molar-refractivity contribution < 1.29 is 0 Å². The number of nitrogens with one attached hydrogen (secondary N) is 1. The highest BCUT2D eigenvalue weighted by molar-refractivity contribution is 7.80. The highest BCUT2D eigenvalue weighted by Gasteiger charge is 2.23. The first-order valence-corrected chi connectivity index (χ1v) is 8.64. The number of likely N-dealkylation sites (tertiary alicyclic amines) is 1. The smallest absolute Gasteiger partial charge is 0.173 e. The topological polar surface area (TPSA) is 15.3 Å². The standard InChI is InChI=1S/C18H28N2S/c1-4-5-6-16-7-9-17(10-8-16)19-18(21)20-12-14(2)11-15(3)13-20/h7-10,14-15H,4-6,11-13H2,1-3H3,(H,19,21). The number of piperidine rings is 1. The molecule has 0 bridgehead atoms. The Kier molecular flexibility index (Phi) is 6.04. The van der Waals surface area contributed by atoms with Crippen LogP contribution in [-0.4, -0.2) is 23.1 Å². The van der Waals surface area contributed by atoms with Crippen LogP contribution in [0.2, 0.25) is 0 Å². The second-order valence-electron chi connectivity index (χ2n) is 6.58. The summed E-state index contributed by atoms with van der Waals surface area (Å²) in [6.45, 7) is 9.01. The maximum Gasteiger partial charge on any atom is 0.173 e. The van der Waals surface area contributed by atoms with Crippen LogP contribution in [0.4, 0.5) is 5.69 Å². The van der Waals surface area contributed by atoms with Gasteiger partial charge in [0.1, 0.15) is 0 Å². The predicted molar refractivity (Wildman–Crippen MR) is 95.8 cm³/mol. The summed E-state index contributed by atoms with van der Waals surface area (Å²) in [4.78, 5) is 2.32. The van der Waals surface area contributed by atoms with E-state index in [9.17, 15) is 0 Å². The number of unbranched alkanes of at least 4 members (excludes halogenated alkanes) is 1. The first-order valence-electron chi connectivity index (χ1n) is 8.23. The number of hydrogen-bond donors (Lipinski definition) is 1. The molecule has 1 aromatic rings. The van der Waals surface area contributed by atoms with Crippen molar-refractivity contribution in [2.45, 2.75) is 46.5 Å². The Bertz CT molecular complexity index is 445. The molecule has 1 saturated heterocycles. The van der Waals surface area contributed by atoms with Gasteiger partial charge in [-0.1, -0.05) is 39.3 Å². The van der Waals surface area contributed by atoms with Crippen LogP contribution in [0.3, 0.4) is 0 Å². The molecule has 2 unspecified atom stereocenters. The highest BCUT2D eigenvalue weighted by Crippen LogP contribution is 2.22. The van der Waals surface area contributed by atoms with Gasteiger partial charge < -0.3 is 10.2 Å². The van der Waals surface area contributed by atoms with E-state index < -0.39 is 0 Å². The van der Waals surface area contributed by atoms with Gasteiger partial charge in [0.2, 0.25) is 0 Å². The molecule has 0 amide bonds. The Hall–Kier alpha value is -1.09. The molecule has 0 aromatic heterocycles. The minimum Gasteiger partial charge on any atom is -0.348 e. The van der Waals surface area contributed by atoms with Gasteiger partial charge in [-0.2, -0.15) is 0 Å². The highest BCUT2D eigenvalue weighted by atomic mass is 32.1. The lowest BCUT2D eigenvalue weighted by atomic mass is 9.92. The van der Waals surface area contributed by atoms with Crippen molar-refractivity contribution in [1.29, 1.82) is 0 Å². The number of nitrogens with zero attached hydrogens (tertiary/aromatic N) is 1. The molecule has 2 rings (SSSR count). The van der Waals surface area contributed by atoms with Crippen LogP contribution in [0, 0.1) is 11.8 Å². The van der Waals surface area contributed by atoms with Crippen molar-refractivity contribution in [3.63, 3.8) is 0 Å². The third kappa shape index (κ3) is 4.99. The minimum atomic E-state index is 0.727. The van der Waals surface area contributed by atoms with Crippen LogP contribution in [-0.2, 0) is 6.42 Å². The van der Waals surface area contributed by atoms with E-state index in [1.54, 1.807) is 0 Å². The molecule has 0 radical (unpaired) electrons. The Morgan fingerprint density at radius 2 is 1.81 bits per heavy atom. The quantitative estimate of drug-likeness (QED) is 0.811. The zero-order valence-corrected chi connectivity index (χ0v) is 14.4. The summed E-state index contributed by atoms with van der Waals surface area (Å²) in [5.74, 6) is 1.45. The van der Waals surface area contributed by atoms with E-state index in [0.717, 1.165) is 35.7 Å². The lowest BCUT2D eigenvalue weighted by Crippen LogP contribution is -2.44. The van der Waals surface area contributed by atoms with E-state index in [2.05, 4.69) is 55.3 Å². The van der Waals surface area contributed by atoms with Gasteiger partial charge in [-0.3, -0.25) is 0 Å². The summed E-state index contributed by atoms with van der Waals surface area (Å²) < 4.78 is 0. The van der Waals surface area contributed by atoms with Gasteiger partial charge in [-0.15, -0.1) is 0 Å². The molecule has 21 heavy (non-hydrogen) atoms. The largest absolute Gasteiger partial charge is 0.348 e. The van der Waals surface area contributed by atoms with Gasteiger partial charge in [0.15, 0.2) is 5.11 Å². The fourth-order valence-corrected chi connectivity index (χ4v) is 3.43. The van der Waals surface area contributed by atoms with E-state index in [1.807, 2.05) is 0 Å². The normalized spacial score (nSPS) is 22.1. The van der Waals surface area contributed by atoms with Crippen molar-refractivity contribution in [3.05, 3.63) is 29.8 Å². The molecule has 1 aliphatic heterocycles. The van der Waals surface area contributed by atoms with Crippen LogP contribution in [0.15, 0.2) is 24.3 Å². The number of hydrogen-bond acceptors (Lipinski definition) is 1. The van der Waals surface area contributed by atoms with Gasteiger partial charge in [0.25, 0.3) is 0 Å². The van der Waals surface area contributed by atoms with Crippen LogP contribution in [0.5, 0.6) is 0 Å². The molecular weight excluding hydrogens is 276 g/mol. The molecule has 2 nitrogen and oxygen atoms in total. The fraction of sp³-hybridized carbons (Fsp3) is 0.611. The third-order valence-corrected chi connectivity index (χ3v) is 4.54. The first kappa shape index (κ1) is 16.3. The summed E-state index contributed by atoms with van der Waals surface area (Å²) >= 11 is 5.58. The maximum atomic E-state index is 5.58. The molecule has 3 heteroatoms. The van der Waals surface area contributed by atoms with Crippen LogP contribution >= 0.6 is 12.2 Å². The zero-order chi connectivity index (χ0) is 15.2. The van der Waals surface area contributed by atoms with Gasteiger partial charge in [0.05, 0.1) is 0 Å². The Morgan fingerprint density at radius 3 is 2.38 bits per heavy atom. The van der Waals surface area contributed by atoms with Crippen molar-refractivity contribution in [1.82, 2.24) is 4.90 Å². The molecular formula is C18H28N2S. The van der Waals surface area contributed by atoms with E-state index >= 15 is 0 Å². The molecule has 116 valence electrons. The SMILES string of the molecule is CCCCc1ccc(NC(=S)N2CC(C)CC(C)C2)cc1. The number of aryl methyl sites for hydroxylation is 1. The van der Waals surface area contributed by atoms with E-state index in [0.29, 0.717) is 0 Å². The zero-order valence-electron chi connectivity index (χ0n) is 13.6. The summed E-state index contributed by atoms with van der Waals surface area (Å²) in [7, 11) is 0. The average Bonchev–Trinajstić information content (AvgIpc) is 2.45. The van der Waals surface area contributed by atoms with E-state index in [-0.39, 0.29) is 0 Å². The van der Waals surface area contributed by atoms with Crippen molar-refractivity contribution >= 4 is 23.0 Å². The summed E-state index contributed by atoms with van der Waals surface area (Å²) in [5.41, 5.74) is 2.51. The van der Waals surface area contributed by atoms with Crippen molar-refractivity contribution in [2.75, 3.05) is 18.4 Å². The van der Waals surface area contributed by atoms with Crippen molar-refractivity contribution in [2.24, 2.45) is 11.8 Å². The summed E-state index contributed by atoms with van der Waals surface area (Å²) in [6, 6.07) is 8.71. The van der Waals surface area contributed by atoms with Crippen LogP contribution in [0.1, 0.15) is 45.6 Å². The summed E-state index contributed by atoms with van der Waals surface area (Å²) in [6.07, 6.45) is 4.98. The van der Waals surface area contributed by atoms with Gasteiger partial charge in [-0.25, -0.2) is 0 Å². The molecule has 1 aromatic carbocycles. The fourth-order valence-electron chi connectivity index (χ4n) is 3.17. The molecule has 1 heterocycles. The Labute approximate surface area is 134 Å². The first-order chi connectivity index (χ1) is 10.1.